The first kappa shape index (κ1) is 19.3. The number of hydrogen-bond acceptors (Lipinski definition) is 8. The predicted molar refractivity (Wildman–Crippen MR) is 115 cm³/mol. The van der Waals surface area contributed by atoms with Crippen LogP contribution in [0.25, 0.3) is 21.7 Å². The molecule has 156 valence electrons. The molecule has 5 rings (SSSR count). The summed E-state index contributed by atoms with van der Waals surface area (Å²) in [6, 6.07) is 8.83. The Balaban J connectivity index is 1.60. The van der Waals surface area contributed by atoms with Crippen molar-refractivity contribution in [1.29, 1.82) is 0 Å². The van der Waals surface area contributed by atoms with Gasteiger partial charge in [-0.2, -0.15) is 0 Å². The molecule has 1 amide bonds. The molecule has 3 aromatic heterocycles. The van der Waals surface area contributed by atoms with Crippen molar-refractivity contribution in [3.63, 3.8) is 0 Å². The molecule has 0 aliphatic carbocycles. The number of ether oxygens (including phenoxy) is 2. The van der Waals surface area contributed by atoms with Gasteiger partial charge in [-0.25, -0.2) is 4.98 Å². The van der Waals surface area contributed by atoms with E-state index < -0.39 is 5.91 Å². The molecule has 1 aromatic carbocycles. The number of nitrogens with one attached hydrogen (secondary N) is 1. The molecule has 0 spiro atoms. The van der Waals surface area contributed by atoms with Gasteiger partial charge in [0, 0.05) is 16.5 Å². The van der Waals surface area contributed by atoms with E-state index in [4.69, 9.17) is 14.0 Å². The number of pyridine rings is 1. The first-order valence-corrected chi connectivity index (χ1v) is 10.3. The van der Waals surface area contributed by atoms with Crippen molar-refractivity contribution in [2.75, 3.05) is 12.1 Å². The van der Waals surface area contributed by atoms with Gasteiger partial charge >= 0.3 is 0 Å². The third kappa shape index (κ3) is 3.32. The van der Waals surface area contributed by atoms with E-state index in [1.54, 1.807) is 36.5 Å². The van der Waals surface area contributed by atoms with Crippen molar-refractivity contribution in [2.45, 2.75) is 20.8 Å². The normalized spacial score (nSPS) is 12.4. The molecule has 0 unspecified atom stereocenters. The number of Topliss-reactive ketones (excluding diaryl/α,β-unsaturated/α-hetero) is 1. The van der Waals surface area contributed by atoms with Crippen molar-refractivity contribution >= 4 is 39.8 Å². The van der Waals surface area contributed by atoms with Gasteiger partial charge in [0.05, 0.1) is 32.9 Å². The number of fused-ring (bicyclic) bond motifs is 2. The van der Waals surface area contributed by atoms with Crippen LogP contribution in [0.15, 0.2) is 34.9 Å². The lowest BCUT2D eigenvalue weighted by Gasteiger charge is -2.12. The van der Waals surface area contributed by atoms with Crippen LogP contribution in [0.3, 0.4) is 0 Å². The van der Waals surface area contributed by atoms with Crippen LogP contribution in [0.2, 0.25) is 0 Å². The smallest absolute Gasteiger partial charge is 0.259 e. The summed E-state index contributed by atoms with van der Waals surface area (Å²) in [6.45, 7) is 5.25. The van der Waals surface area contributed by atoms with E-state index in [1.165, 1.54) is 6.92 Å². The maximum atomic E-state index is 13.4. The Morgan fingerprint density at radius 1 is 1.06 bits per heavy atom. The number of benzene rings is 1. The molecule has 0 fully saturated rings. The monoisotopic (exact) mass is 435 g/mol. The molecule has 1 aliphatic heterocycles. The van der Waals surface area contributed by atoms with E-state index in [1.807, 2.05) is 19.1 Å². The number of nitrogens with zero attached hydrogens (tertiary/aromatic N) is 2. The quantitative estimate of drug-likeness (QED) is 0.461. The Morgan fingerprint density at radius 3 is 2.55 bits per heavy atom. The lowest BCUT2D eigenvalue weighted by Crippen LogP contribution is -2.15. The number of aromatic nitrogens is 2. The predicted octanol–water partition coefficient (Wildman–Crippen LogP) is 4.75. The molecule has 0 radical (unpaired) electrons. The van der Waals surface area contributed by atoms with Gasteiger partial charge in [-0.15, -0.1) is 11.3 Å². The van der Waals surface area contributed by atoms with E-state index in [0.29, 0.717) is 45.1 Å². The number of thiophene rings is 1. The fourth-order valence-electron chi connectivity index (χ4n) is 3.50. The third-order valence-corrected chi connectivity index (χ3v) is 6.02. The Labute approximate surface area is 180 Å². The molecule has 0 saturated carbocycles. The Bertz CT molecular complexity index is 1370. The zero-order valence-electron chi connectivity index (χ0n) is 16.9. The lowest BCUT2D eigenvalue weighted by atomic mass is 10.1. The highest BCUT2D eigenvalue weighted by molar-refractivity contribution is 7.15. The zero-order valence-corrected chi connectivity index (χ0v) is 17.8. The number of ketones is 1. The summed E-state index contributed by atoms with van der Waals surface area (Å²) in [5.41, 5.74) is 2.48. The number of amides is 1. The van der Waals surface area contributed by atoms with Gasteiger partial charge in [0.2, 0.25) is 6.79 Å². The maximum Gasteiger partial charge on any atom is 0.259 e. The number of carbonyl (C=O) groups is 2. The number of aryl methyl sites for hydroxylation is 2. The summed E-state index contributed by atoms with van der Waals surface area (Å²) < 4.78 is 16.1. The van der Waals surface area contributed by atoms with Crippen LogP contribution in [-0.4, -0.2) is 28.6 Å². The molecule has 0 atom stereocenters. The summed E-state index contributed by atoms with van der Waals surface area (Å²) in [6.07, 6.45) is 0. The van der Waals surface area contributed by atoms with E-state index in [2.05, 4.69) is 15.5 Å². The van der Waals surface area contributed by atoms with Gasteiger partial charge in [0.25, 0.3) is 11.6 Å². The Morgan fingerprint density at radius 2 is 1.84 bits per heavy atom. The molecule has 4 aromatic rings. The highest BCUT2D eigenvalue weighted by Gasteiger charge is 2.24. The van der Waals surface area contributed by atoms with Gasteiger partial charge in [-0.1, -0.05) is 5.16 Å². The van der Waals surface area contributed by atoms with E-state index >= 15 is 0 Å². The highest BCUT2D eigenvalue weighted by Crippen LogP contribution is 2.38. The van der Waals surface area contributed by atoms with Crippen LogP contribution in [0.1, 0.15) is 38.2 Å². The second-order valence-electron chi connectivity index (χ2n) is 7.17. The first-order chi connectivity index (χ1) is 14.9. The summed E-state index contributed by atoms with van der Waals surface area (Å²) >= 11 is 1.57. The minimum absolute atomic E-state index is 0.0680. The zero-order chi connectivity index (χ0) is 21.7. The van der Waals surface area contributed by atoms with Crippen LogP contribution in [0.4, 0.5) is 5.69 Å². The Hall–Kier alpha value is -3.72. The van der Waals surface area contributed by atoms with Crippen molar-refractivity contribution < 1.29 is 23.6 Å². The lowest BCUT2D eigenvalue weighted by molar-refractivity contribution is 0.101. The van der Waals surface area contributed by atoms with E-state index in [0.717, 1.165) is 9.75 Å². The van der Waals surface area contributed by atoms with Crippen molar-refractivity contribution in [1.82, 2.24) is 10.1 Å². The van der Waals surface area contributed by atoms with E-state index in [9.17, 15) is 9.59 Å². The van der Waals surface area contributed by atoms with Crippen molar-refractivity contribution in [2.24, 2.45) is 0 Å². The highest BCUT2D eigenvalue weighted by atomic mass is 32.1. The Kier molecular flexibility index (Phi) is 4.48. The molecular weight excluding hydrogens is 418 g/mol. The fraction of sp³-hybridized carbons (Fsp3) is 0.182. The number of carbonyl (C=O) groups excluding carboxylic acids is 2. The van der Waals surface area contributed by atoms with Gasteiger partial charge in [0.1, 0.15) is 0 Å². The average molecular weight is 435 g/mol. The average Bonchev–Trinajstić information content (AvgIpc) is 3.46. The van der Waals surface area contributed by atoms with E-state index in [-0.39, 0.29) is 18.3 Å². The molecule has 31 heavy (non-hydrogen) atoms. The summed E-state index contributed by atoms with van der Waals surface area (Å²) in [5.74, 6) is 0.329. The van der Waals surface area contributed by atoms with Gasteiger partial charge < -0.3 is 19.3 Å². The molecule has 0 saturated heterocycles. The summed E-state index contributed by atoms with van der Waals surface area (Å²) in [7, 11) is 0. The topological polar surface area (TPSA) is 104 Å². The number of rotatable bonds is 4. The maximum absolute atomic E-state index is 13.4. The van der Waals surface area contributed by atoms with Crippen LogP contribution >= 0.6 is 11.3 Å². The molecule has 8 nitrogen and oxygen atoms in total. The second-order valence-corrected chi connectivity index (χ2v) is 8.46. The van der Waals surface area contributed by atoms with Gasteiger partial charge in [-0.3, -0.25) is 9.59 Å². The van der Waals surface area contributed by atoms with Crippen LogP contribution in [0, 0.1) is 13.8 Å². The molecule has 4 heterocycles. The van der Waals surface area contributed by atoms with Crippen LogP contribution < -0.4 is 14.8 Å². The third-order valence-electron chi connectivity index (χ3n) is 4.99. The summed E-state index contributed by atoms with van der Waals surface area (Å²) in [5, 5.41) is 7.34. The van der Waals surface area contributed by atoms with Crippen molar-refractivity contribution in [3.05, 3.63) is 52.0 Å². The molecule has 1 aliphatic rings. The van der Waals surface area contributed by atoms with Crippen LogP contribution in [-0.2, 0) is 0 Å². The molecule has 1 N–H and O–H groups in total. The number of anilines is 1. The molecule has 9 heteroatoms. The second kappa shape index (κ2) is 7.21. The van der Waals surface area contributed by atoms with Crippen molar-refractivity contribution in [3.8, 4) is 22.1 Å². The summed E-state index contributed by atoms with van der Waals surface area (Å²) in [4.78, 5) is 32.1. The SMILES string of the molecule is CC(=O)c1cc2c(cc1NC(=O)c1cc(-c3ccc(C)s3)nc3onc(C)c13)OCO2. The van der Waals surface area contributed by atoms with Gasteiger partial charge in [0.15, 0.2) is 17.3 Å². The fourth-order valence-corrected chi connectivity index (χ4v) is 4.33. The standard InChI is InChI=1S/C22H17N3O5S/c1-10-4-5-19(31-10)16-6-14(20-11(2)25-30-22(20)24-16)21(27)23-15-8-18-17(28-9-29-18)7-13(15)12(3)26/h4-8H,9H2,1-3H3,(H,23,27). The first-order valence-electron chi connectivity index (χ1n) is 9.50. The van der Waals surface area contributed by atoms with Gasteiger partial charge in [-0.05, 0) is 45.0 Å². The van der Waals surface area contributed by atoms with Crippen LogP contribution in [0.5, 0.6) is 11.5 Å². The molecule has 0 bridgehead atoms. The largest absolute Gasteiger partial charge is 0.454 e. The molecular formula is C22H17N3O5S. The number of hydrogen-bond donors (Lipinski definition) is 1. The minimum atomic E-state index is -0.408. The minimum Gasteiger partial charge on any atom is -0.454 e.